The van der Waals surface area contributed by atoms with Crippen molar-refractivity contribution in [1.29, 1.82) is 5.41 Å². The molecule has 1 aliphatic heterocycles. The van der Waals surface area contributed by atoms with Crippen LogP contribution in [0.3, 0.4) is 0 Å². The van der Waals surface area contributed by atoms with E-state index >= 15 is 0 Å². The molecule has 1 amide bonds. The van der Waals surface area contributed by atoms with E-state index in [2.05, 4.69) is 10.6 Å². The molecule has 0 unspecified atom stereocenters. The van der Waals surface area contributed by atoms with Crippen LogP contribution in [0.25, 0.3) is 0 Å². The number of halogens is 2. The van der Waals surface area contributed by atoms with E-state index in [9.17, 15) is 4.79 Å². The number of nitrogens with two attached hydrogens (primary N) is 1. The molecule has 0 aromatic heterocycles. The van der Waals surface area contributed by atoms with Crippen LogP contribution in [0.4, 0.5) is 0 Å². The maximum Gasteiger partial charge on any atom is 0.237 e. The van der Waals surface area contributed by atoms with Gasteiger partial charge in [0.05, 0.1) is 6.04 Å². The summed E-state index contributed by atoms with van der Waals surface area (Å²) in [7, 11) is 0. The first-order valence-electron chi connectivity index (χ1n) is 6.11. The summed E-state index contributed by atoms with van der Waals surface area (Å²) in [5.74, 6) is 0.115. The number of hydrogen-bond acceptors (Lipinski definition) is 3. The second-order valence-corrected chi connectivity index (χ2v) is 4.48. The van der Waals surface area contributed by atoms with Crippen LogP contribution in [-0.2, 0) is 11.3 Å². The second-order valence-electron chi connectivity index (χ2n) is 4.48. The zero-order valence-electron chi connectivity index (χ0n) is 11.0. The van der Waals surface area contributed by atoms with Gasteiger partial charge < -0.3 is 16.4 Å². The van der Waals surface area contributed by atoms with Gasteiger partial charge in [-0.15, -0.1) is 24.8 Å². The highest BCUT2D eigenvalue weighted by Crippen LogP contribution is 2.06. The number of amides is 1. The van der Waals surface area contributed by atoms with Gasteiger partial charge in [0.25, 0.3) is 0 Å². The summed E-state index contributed by atoms with van der Waals surface area (Å²) in [4.78, 5) is 11.8. The smallest absolute Gasteiger partial charge is 0.237 e. The van der Waals surface area contributed by atoms with Crippen LogP contribution in [0.2, 0.25) is 0 Å². The molecule has 112 valence electrons. The van der Waals surface area contributed by atoms with E-state index in [0.29, 0.717) is 12.1 Å². The van der Waals surface area contributed by atoms with Gasteiger partial charge in [-0.2, -0.15) is 0 Å². The first-order chi connectivity index (χ1) is 8.66. The van der Waals surface area contributed by atoms with Crippen LogP contribution in [0.1, 0.15) is 24.0 Å². The van der Waals surface area contributed by atoms with Crippen molar-refractivity contribution in [3.05, 3.63) is 35.4 Å². The second kappa shape index (κ2) is 8.79. The normalized spacial score (nSPS) is 16.7. The minimum Gasteiger partial charge on any atom is -0.384 e. The van der Waals surface area contributed by atoms with Gasteiger partial charge in [-0.1, -0.05) is 24.3 Å². The molecule has 1 aliphatic rings. The van der Waals surface area contributed by atoms with Crippen LogP contribution in [-0.4, -0.2) is 24.3 Å². The zero-order chi connectivity index (χ0) is 13.0. The molecule has 20 heavy (non-hydrogen) atoms. The lowest BCUT2D eigenvalue weighted by molar-refractivity contribution is -0.122. The van der Waals surface area contributed by atoms with E-state index in [-0.39, 0.29) is 42.6 Å². The van der Waals surface area contributed by atoms with E-state index in [1.807, 2.05) is 12.1 Å². The van der Waals surface area contributed by atoms with E-state index in [4.69, 9.17) is 11.1 Å². The molecule has 1 heterocycles. The Bertz CT molecular complexity index is 444. The van der Waals surface area contributed by atoms with Crippen molar-refractivity contribution in [3.8, 4) is 0 Å². The number of nitrogen functional groups attached to an aromatic ring is 1. The summed E-state index contributed by atoms with van der Waals surface area (Å²) >= 11 is 0. The lowest BCUT2D eigenvalue weighted by atomic mass is 10.1. The highest BCUT2D eigenvalue weighted by Gasteiger charge is 2.21. The van der Waals surface area contributed by atoms with Crippen molar-refractivity contribution in [2.24, 2.45) is 5.73 Å². The minimum absolute atomic E-state index is 0. The highest BCUT2D eigenvalue weighted by molar-refractivity contribution is 5.94. The van der Waals surface area contributed by atoms with Gasteiger partial charge in [0.1, 0.15) is 5.84 Å². The van der Waals surface area contributed by atoms with E-state index < -0.39 is 0 Å². The molecule has 0 radical (unpaired) electrons. The molecule has 1 aromatic carbocycles. The first-order valence-corrected chi connectivity index (χ1v) is 6.11. The van der Waals surface area contributed by atoms with Gasteiger partial charge >= 0.3 is 0 Å². The van der Waals surface area contributed by atoms with Crippen LogP contribution < -0.4 is 16.4 Å². The van der Waals surface area contributed by atoms with E-state index in [0.717, 1.165) is 24.9 Å². The Morgan fingerprint density at radius 2 is 2.00 bits per heavy atom. The number of nitrogens with one attached hydrogen (secondary N) is 3. The third-order valence-corrected chi connectivity index (χ3v) is 3.11. The maximum atomic E-state index is 11.8. The van der Waals surface area contributed by atoms with Crippen LogP contribution in [0, 0.1) is 5.41 Å². The number of rotatable bonds is 4. The summed E-state index contributed by atoms with van der Waals surface area (Å²) in [5, 5.41) is 13.4. The van der Waals surface area contributed by atoms with Gasteiger partial charge in [-0.05, 0) is 24.9 Å². The molecular weight excluding hydrogens is 299 g/mol. The standard InChI is InChI=1S/C13H18N4O.2ClH/c14-12(15)10-5-3-9(4-6-10)8-17-13(18)11-2-1-7-16-11;;/h3-6,11,16H,1-2,7-8H2,(H3,14,15)(H,17,18);2*1H/t11-;;/m0../s1. The molecule has 1 aromatic rings. The lowest BCUT2D eigenvalue weighted by Crippen LogP contribution is -2.39. The molecule has 1 fully saturated rings. The van der Waals surface area contributed by atoms with Crippen molar-refractivity contribution in [2.75, 3.05) is 6.54 Å². The minimum atomic E-state index is -0.0403. The summed E-state index contributed by atoms with van der Waals surface area (Å²) in [6.07, 6.45) is 1.97. The van der Waals surface area contributed by atoms with E-state index in [1.165, 1.54) is 0 Å². The lowest BCUT2D eigenvalue weighted by Gasteiger charge is -2.11. The summed E-state index contributed by atoms with van der Waals surface area (Å²) in [5.41, 5.74) is 7.08. The molecule has 0 spiro atoms. The van der Waals surface area contributed by atoms with Crippen molar-refractivity contribution >= 4 is 36.6 Å². The highest BCUT2D eigenvalue weighted by atomic mass is 35.5. The van der Waals surface area contributed by atoms with E-state index in [1.54, 1.807) is 12.1 Å². The monoisotopic (exact) mass is 318 g/mol. The Hall–Kier alpha value is -1.30. The van der Waals surface area contributed by atoms with Crippen molar-refractivity contribution in [2.45, 2.75) is 25.4 Å². The van der Waals surface area contributed by atoms with Gasteiger partial charge in [0.2, 0.25) is 5.91 Å². The molecule has 7 heteroatoms. The molecule has 0 saturated carbocycles. The fraction of sp³-hybridized carbons (Fsp3) is 0.385. The van der Waals surface area contributed by atoms with Gasteiger partial charge in [0.15, 0.2) is 0 Å². The van der Waals surface area contributed by atoms with Crippen molar-refractivity contribution in [1.82, 2.24) is 10.6 Å². The Morgan fingerprint density at radius 1 is 1.35 bits per heavy atom. The summed E-state index contributed by atoms with van der Waals surface area (Å²) < 4.78 is 0. The zero-order valence-corrected chi connectivity index (χ0v) is 12.7. The summed E-state index contributed by atoms with van der Waals surface area (Å²) in [6.45, 7) is 1.43. The number of carbonyl (C=O) groups excluding carboxylic acids is 1. The fourth-order valence-electron chi connectivity index (χ4n) is 2.02. The van der Waals surface area contributed by atoms with Gasteiger partial charge in [-0.25, -0.2) is 0 Å². The van der Waals surface area contributed by atoms with Crippen LogP contribution in [0.15, 0.2) is 24.3 Å². The summed E-state index contributed by atoms with van der Waals surface area (Å²) in [6, 6.07) is 7.29. The Morgan fingerprint density at radius 3 is 2.50 bits per heavy atom. The molecule has 1 atom stereocenters. The molecule has 2 rings (SSSR count). The Labute approximate surface area is 131 Å². The fourth-order valence-corrected chi connectivity index (χ4v) is 2.02. The number of carbonyl (C=O) groups is 1. The largest absolute Gasteiger partial charge is 0.384 e. The van der Waals surface area contributed by atoms with Gasteiger partial charge in [0, 0.05) is 12.1 Å². The third kappa shape index (κ3) is 5.00. The predicted molar refractivity (Wildman–Crippen MR) is 84.8 cm³/mol. The molecule has 1 saturated heterocycles. The van der Waals surface area contributed by atoms with Crippen LogP contribution in [0.5, 0.6) is 0 Å². The predicted octanol–water partition coefficient (Wildman–Crippen LogP) is 1.18. The Balaban J connectivity index is 0.00000180. The van der Waals surface area contributed by atoms with Crippen LogP contribution >= 0.6 is 24.8 Å². The maximum absolute atomic E-state index is 11.8. The van der Waals surface area contributed by atoms with Crippen molar-refractivity contribution in [3.63, 3.8) is 0 Å². The number of amidine groups is 1. The topological polar surface area (TPSA) is 91.0 Å². The molecule has 0 aliphatic carbocycles. The molecule has 5 N–H and O–H groups in total. The number of hydrogen-bond donors (Lipinski definition) is 4. The average Bonchev–Trinajstić information content (AvgIpc) is 2.90. The molecule has 5 nitrogen and oxygen atoms in total. The third-order valence-electron chi connectivity index (χ3n) is 3.11. The molecule has 0 bridgehead atoms. The van der Waals surface area contributed by atoms with Gasteiger partial charge in [-0.3, -0.25) is 10.2 Å². The SMILES string of the molecule is Cl.Cl.N=C(N)c1ccc(CNC(=O)[C@@H]2CCCN2)cc1. The average molecular weight is 319 g/mol. The molecular formula is C13H20Cl2N4O. The first kappa shape index (κ1) is 18.7. The number of benzene rings is 1. The Kier molecular flexibility index (Phi) is 8.22. The quantitative estimate of drug-likeness (QED) is 0.496. The van der Waals surface area contributed by atoms with Crippen molar-refractivity contribution < 1.29 is 4.79 Å².